The van der Waals surface area contributed by atoms with Crippen LogP contribution >= 0.6 is 0 Å². The second kappa shape index (κ2) is 13.0. The predicted octanol–water partition coefficient (Wildman–Crippen LogP) is 4.28. The number of carbonyl (C=O) groups excluding carboxylic acids is 2. The zero-order valence-electron chi connectivity index (χ0n) is 22.1. The van der Waals surface area contributed by atoms with Gasteiger partial charge in [0.05, 0.1) is 11.9 Å². The van der Waals surface area contributed by atoms with Crippen molar-refractivity contribution in [3.8, 4) is 0 Å². The lowest BCUT2D eigenvalue weighted by molar-refractivity contribution is -0.141. The summed E-state index contributed by atoms with van der Waals surface area (Å²) >= 11 is 0. The molecular weight excluding hydrogens is 500 g/mol. The highest BCUT2D eigenvalue weighted by molar-refractivity contribution is 7.92. The van der Waals surface area contributed by atoms with E-state index in [2.05, 4.69) is 5.32 Å². The standard InChI is InChI=1S/C27H37F2N3O4S/c1-6-24(26(34)30-27(2,3)4)31(18-16-20-11-8-7-9-12-20)25(33)13-10-17-32(37(5,35)36)21-14-15-22(28)23(29)19-21/h7-9,11-12,14-15,19,24H,6,10,13,16-18H2,1-5H3,(H,30,34). The van der Waals surface area contributed by atoms with Crippen LogP contribution in [0.25, 0.3) is 0 Å². The van der Waals surface area contributed by atoms with Gasteiger partial charge in [-0.05, 0) is 57.7 Å². The van der Waals surface area contributed by atoms with Crippen molar-refractivity contribution in [3.05, 3.63) is 65.7 Å². The van der Waals surface area contributed by atoms with Crippen molar-refractivity contribution in [2.75, 3.05) is 23.7 Å². The van der Waals surface area contributed by atoms with Gasteiger partial charge in [0.25, 0.3) is 0 Å². The maximum atomic E-state index is 13.7. The molecule has 0 aliphatic carbocycles. The quantitative estimate of drug-likeness (QED) is 0.438. The van der Waals surface area contributed by atoms with Crippen LogP contribution in [-0.2, 0) is 26.0 Å². The van der Waals surface area contributed by atoms with E-state index < -0.39 is 33.2 Å². The predicted molar refractivity (Wildman–Crippen MR) is 142 cm³/mol. The van der Waals surface area contributed by atoms with Gasteiger partial charge in [0.15, 0.2) is 11.6 Å². The first kappa shape index (κ1) is 30.2. The first-order valence-electron chi connectivity index (χ1n) is 12.3. The molecule has 0 aliphatic rings. The van der Waals surface area contributed by atoms with Crippen LogP contribution in [0.15, 0.2) is 48.5 Å². The van der Waals surface area contributed by atoms with Crippen LogP contribution < -0.4 is 9.62 Å². The number of nitrogens with one attached hydrogen (secondary N) is 1. The summed E-state index contributed by atoms with van der Waals surface area (Å²) in [6.45, 7) is 7.65. The van der Waals surface area contributed by atoms with E-state index in [0.717, 1.165) is 28.3 Å². The fraction of sp³-hybridized carbons (Fsp3) is 0.481. The highest BCUT2D eigenvalue weighted by Gasteiger charge is 2.30. The third kappa shape index (κ3) is 9.42. The van der Waals surface area contributed by atoms with Crippen molar-refractivity contribution in [1.29, 1.82) is 0 Å². The van der Waals surface area contributed by atoms with Gasteiger partial charge in [0, 0.05) is 31.1 Å². The van der Waals surface area contributed by atoms with E-state index in [1.807, 2.05) is 58.0 Å². The van der Waals surface area contributed by atoms with E-state index >= 15 is 0 Å². The SMILES string of the molecule is CCC(C(=O)NC(C)(C)C)N(CCc1ccccc1)C(=O)CCCN(c1ccc(F)c(F)c1)S(C)(=O)=O. The highest BCUT2D eigenvalue weighted by Crippen LogP contribution is 2.22. The van der Waals surface area contributed by atoms with E-state index in [4.69, 9.17) is 0 Å². The Bertz CT molecular complexity index is 1170. The second-order valence-corrected chi connectivity index (χ2v) is 11.9. The lowest BCUT2D eigenvalue weighted by Crippen LogP contribution is -2.54. The maximum Gasteiger partial charge on any atom is 0.243 e. The lowest BCUT2D eigenvalue weighted by atomic mass is 10.0. The minimum Gasteiger partial charge on any atom is -0.350 e. The number of hydrogen-bond acceptors (Lipinski definition) is 4. The van der Waals surface area contributed by atoms with Crippen molar-refractivity contribution in [1.82, 2.24) is 10.2 Å². The largest absolute Gasteiger partial charge is 0.350 e. The molecule has 0 saturated heterocycles. The summed E-state index contributed by atoms with van der Waals surface area (Å²) in [4.78, 5) is 28.0. The average molecular weight is 538 g/mol. The van der Waals surface area contributed by atoms with Gasteiger partial charge in [-0.25, -0.2) is 17.2 Å². The molecule has 0 fully saturated rings. The van der Waals surface area contributed by atoms with Crippen molar-refractivity contribution in [3.63, 3.8) is 0 Å². The van der Waals surface area contributed by atoms with E-state index in [-0.39, 0.29) is 36.9 Å². The molecule has 0 bridgehead atoms. The Labute approximate surface area is 218 Å². The van der Waals surface area contributed by atoms with Crippen molar-refractivity contribution in [2.24, 2.45) is 0 Å². The van der Waals surface area contributed by atoms with Crippen molar-refractivity contribution >= 4 is 27.5 Å². The first-order valence-corrected chi connectivity index (χ1v) is 14.2. The van der Waals surface area contributed by atoms with Crippen LogP contribution in [0.4, 0.5) is 14.5 Å². The van der Waals surface area contributed by atoms with E-state index in [1.54, 1.807) is 4.90 Å². The minimum absolute atomic E-state index is 0.0224. The van der Waals surface area contributed by atoms with E-state index in [0.29, 0.717) is 19.4 Å². The van der Waals surface area contributed by atoms with E-state index in [1.165, 1.54) is 6.07 Å². The molecule has 204 valence electrons. The molecule has 0 aliphatic heterocycles. The van der Waals surface area contributed by atoms with Gasteiger partial charge in [0.1, 0.15) is 6.04 Å². The Morgan fingerprint density at radius 3 is 2.19 bits per heavy atom. The van der Waals surface area contributed by atoms with Gasteiger partial charge in [-0.3, -0.25) is 13.9 Å². The molecule has 7 nitrogen and oxygen atoms in total. The lowest BCUT2D eigenvalue weighted by Gasteiger charge is -2.33. The summed E-state index contributed by atoms with van der Waals surface area (Å²) in [5.41, 5.74) is 0.526. The van der Waals surface area contributed by atoms with Gasteiger partial charge in [-0.15, -0.1) is 0 Å². The monoisotopic (exact) mass is 537 g/mol. The minimum atomic E-state index is -3.81. The van der Waals surface area contributed by atoms with Gasteiger partial charge in [0.2, 0.25) is 21.8 Å². The van der Waals surface area contributed by atoms with Crippen LogP contribution in [0.5, 0.6) is 0 Å². The Morgan fingerprint density at radius 2 is 1.65 bits per heavy atom. The number of halogens is 2. The molecule has 10 heteroatoms. The number of amides is 2. The molecule has 1 atom stereocenters. The Kier molecular flexibility index (Phi) is 10.6. The molecule has 0 heterocycles. The number of hydrogen-bond donors (Lipinski definition) is 1. The fourth-order valence-electron chi connectivity index (χ4n) is 3.99. The maximum absolute atomic E-state index is 13.7. The first-order chi connectivity index (χ1) is 17.2. The molecule has 0 aromatic heterocycles. The molecule has 2 aromatic rings. The number of anilines is 1. The zero-order chi connectivity index (χ0) is 27.8. The van der Waals surface area contributed by atoms with Crippen LogP contribution in [0.2, 0.25) is 0 Å². The van der Waals surface area contributed by atoms with Crippen LogP contribution in [-0.4, -0.2) is 56.1 Å². The molecule has 0 spiro atoms. The topological polar surface area (TPSA) is 86.8 Å². The molecule has 2 rings (SSSR count). The molecule has 1 unspecified atom stereocenters. The Balaban J connectivity index is 2.19. The molecule has 0 saturated carbocycles. The van der Waals surface area contributed by atoms with Crippen LogP contribution in [0.3, 0.4) is 0 Å². The van der Waals surface area contributed by atoms with Gasteiger partial charge < -0.3 is 10.2 Å². The number of sulfonamides is 1. The Morgan fingerprint density at radius 1 is 1.00 bits per heavy atom. The summed E-state index contributed by atoms with van der Waals surface area (Å²) in [6, 6.07) is 11.8. The van der Waals surface area contributed by atoms with Gasteiger partial charge in [-0.2, -0.15) is 0 Å². The third-order valence-electron chi connectivity index (χ3n) is 5.71. The molecule has 0 radical (unpaired) electrons. The summed E-state index contributed by atoms with van der Waals surface area (Å²) < 4.78 is 52.7. The number of benzene rings is 2. The third-order valence-corrected chi connectivity index (χ3v) is 6.91. The summed E-state index contributed by atoms with van der Waals surface area (Å²) in [5, 5.41) is 2.94. The number of carbonyl (C=O) groups is 2. The zero-order valence-corrected chi connectivity index (χ0v) is 22.9. The van der Waals surface area contributed by atoms with Crippen molar-refractivity contribution < 1.29 is 26.8 Å². The van der Waals surface area contributed by atoms with Gasteiger partial charge >= 0.3 is 0 Å². The summed E-state index contributed by atoms with van der Waals surface area (Å²) in [6.07, 6.45) is 2.03. The van der Waals surface area contributed by atoms with Gasteiger partial charge in [-0.1, -0.05) is 37.3 Å². The summed E-state index contributed by atoms with van der Waals surface area (Å²) in [7, 11) is -3.81. The molecular formula is C27H37F2N3O4S. The Hall–Kier alpha value is -3.01. The number of nitrogens with zero attached hydrogens (tertiary/aromatic N) is 2. The van der Waals surface area contributed by atoms with Crippen LogP contribution in [0, 0.1) is 11.6 Å². The van der Waals surface area contributed by atoms with E-state index in [9.17, 15) is 26.8 Å². The molecule has 2 aromatic carbocycles. The van der Waals surface area contributed by atoms with Crippen LogP contribution in [0.1, 0.15) is 52.5 Å². The smallest absolute Gasteiger partial charge is 0.243 e. The fourth-order valence-corrected chi connectivity index (χ4v) is 4.95. The molecule has 1 N–H and O–H groups in total. The normalized spacial score (nSPS) is 12.6. The second-order valence-electron chi connectivity index (χ2n) is 10.0. The molecule has 37 heavy (non-hydrogen) atoms. The number of rotatable bonds is 12. The summed E-state index contributed by atoms with van der Waals surface area (Å²) in [5.74, 6) is -2.79. The molecule has 2 amide bonds. The highest BCUT2D eigenvalue weighted by atomic mass is 32.2. The average Bonchev–Trinajstić information content (AvgIpc) is 2.80. The van der Waals surface area contributed by atoms with Crippen molar-refractivity contribution in [2.45, 2.75) is 65.0 Å².